The highest BCUT2D eigenvalue weighted by atomic mass is 19.1. The molecular weight excluding hydrogens is 237 g/mol. The van der Waals surface area contributed by atoms with Crippen LogP contribution in [0.5, 0.6) is 11.6 Å². The van der Waals surface area contributed by atoms with Crippen LogP contribution < -0.4 is 4.74 Å². The van der Waals surface area contributed by atoms with Crippen LogP contribution in [-0.2, 0) is 13.2 Å². The molecule has 0 radical (unpaired) electrons. The van der Waals surface area contributed by atoms with Gasteiger partial charge in [0.1, 0.15) is 11.6 Å². The first kappa shape index (κ1) is 12.5. The summed E-state index contributed by atoms with van der Waals surface area (Å²) >= 11 is 0. The molecule has 1 aromatic carbocycles. The number of benzene rings is 1. The Morgan fingerprint density at radius 3 is 2.56 bits per heavy atom. The summed E-state index contributed by atoms with van der Waals surface area (Å²) < 4.78 is 18.4. The van der Waals surface area contributed by atoms with Crippen LogP contribution in [0, 0.1) is 5.82 Å². The van der Waals surface area contributed by atoms with Crippen LogP contribution in [0.3, 0.4) is 0 Å². The van der Waals surface area contributed by atoms with Crippen molar-refractivity contribution in [2.24, 2.45) is 0 Å². The summed E-state index contributed by atoms with van der Waals surface area (Å²) in [6, 6.07) is 8.04. The lowest BCUT2D eigenvalue weighted by atomic mass is 10.2. The van der Waals surface area contributed by atoms with Gasteiger partial charge >= 0.3 is 0 Å². The number of rotatable bonds is 4. The second-order valence-corrected chi connectivity index (χ2v) is 3.64. The second kappa shape index (κ2) is 5.57. The zero-order chi connectivity index (χ0) is 13.0. The average molecular weight is 249 g/mol. The molecule has 0 spiro atoms. The van der Waals surface area contributed by atoms with Crippen LogP contribution in [0.15, 0.2) is 36.5 Å². The summed E-state index contributed by atoms with van der Waals surface area (Å²) in [4.78, 5) is 3.78. The first-order valence-electron chi connectivity index (χ1n) is 5.36. The number of pyridine rings is 1. The Morgan fingerprint density at radius 2 is 1.83 bits per heavy atom. The molecule has 0 aliphatic heterocycles. The van der Waals surface area contributed by atoms with Gasteiger partial charge in [0.25, 0.3) is 0 Å². The number of halogens is 1. The van der Waals surface area contributed by atoms with Gasteiger partial charge in [-0.15, -0.1) is 0 Å². The van der Waals surface area contributed by atoms with Crippen molar-refractivity contribution in [3.8, 4) is 11.6 Å². The highest BCUT2D eigenvalue weighted by Gasteiger charge is 2.09. The van der Waals surface area contributed by atoms with Gasteiger partial charge < -0.3 is 14.9 Å². The van der Waals surface area contributed by atoms with Crippen molar-refractivity contribution in [2.45, 2.75) is 13.2 Å². The van der Waals surface area contributed by atoms with E-state index in [1.165, 1.54) is 0 Å². The van der Waals surface area contributed by atoms with E-state index < -0.39 is 5.82 Å². The zero-order valence-corrected chi connectivity index (χ0v) is 9.51. The molecule has 2 aromatic rings. The minimum Gasteiger partial charge on any atom is -0.438 e. The fourth-order valence-corrected chi connectivity index (χ4v) is 1.51. The number of ether oxygens (including phenoxy) is 1. The summed E-state index contributed by atoms with van der Waals surface area (Å²) in [6.07, 6.45) is 1.01. The molecule has 5 heteroatoms. The number of aromatic nitrogens is 1. The Hall–Kier alpha value is -1.98. The van der Waals surface area contributed by atoms with E-state index in [4.69, 9.17) is 14.9 Å². The highest BCUT2D eigenvalue weighted by molar-refractivity contribution is 5.37. The molecule has 0 bridgehead atoms. The van der Waals surface area contributed by atoms with E-state index in [9.17, 15) is 4.39 Å². The normalized spacial score (nSPS) is 10.4. The van der Waals surface area contributed by atoms with Gasteiger partial charge in [0, 0.05) is 11.1 Å². The molecule has 94 valence electrons. The van der Waals surface area contributed by atoms with Gasteiger partial charge in [0.2, 0.25) is 5.88 Å². The lowest BCUT2D eigenvalue weighted by Gasteiger charge is -2.11. The lowest BCUT2D eigenvalue weighted by molar-refractivity contribution is 0.268. The summed E-state index contributed by atoms with van der Waals surface area (Å²) in [7, 11) is 0. The first-order valence-corrected chi connectivity index (χ1v) is 5.36. The molecule has 0 saturated carbocycles. The Morgan fingerprint density at radius 1 is 1.11 bits per heavy atom. The van der Waals surface area contributed by atoms with E-state index in [1.54, 1.807) is 24.3 Å². The van der Waals surface area contributed by atoms with Gasteiger partial charge in [-0.05, 0) is 12.1 Å². The number of hydrogen-bond acceptors (Lipinski definition) is 4. The first-order chi connectivity index (χ1) is 8.74. The molecule has 2 N–H and O–H groups in total. The van der Waals surface area contributed by atoms with Crippen LogP contribution in [0.1, 0.15) is 11.1 Å². The third-order valence-corrected chi connectivity index (χ3v) is 2.41. The molecule has 0 unspecified atom stereocenters. The molecule has 18 heavy (non-hydrogen) atoms. The van der Waals surface area contributed by atoms with Crippen LogP contribution in [0.4, 0.5) is 4.39 Å². The van der Waals surface area contributed by atoms with Gasteiger partial charge in [0.15, 0.2) is 0 Å². The Balaban J connectivity index is 2.33. The van der Waals surface area contributed by atoms with Gasteiger partial charge in [-0.3, -0.25) is 0 Å². The fraction of sp³-hybridized carbons (Fsp3) is 0.154. The third kappa shape index (κ3) is 2.64. The molecule has 2 rings (SSSR count). The molecule has 1 heterocycles. The van der Waals surface area contributed by atoms with E-state index in [1.807, 2.05) is 0 Å². The minimum absolute atomic E-state index is 0.125. The second-order valence-electron chi connectivity index (χ2n) is 3.64. The van der Waals surface area contributed by atoms with Crippen molar-refractivity contribution < 1.29 is 19.3 Å². The number of aliphatic hydroxyl groups excluding tert-OH is 2. The van der Waals surface area contributed by atoms with Crippen molar-refractivity contribution in [1.29, 1.82) is 0 Å². The molecule has 1 aromatic heterocycles. The number of aliphatic hydroxyl groups is 2. The summed E-state index contributed by atoms with van der Waals surface area (Å²) in [5, 5.41) is 18.3. The molecule has 0 fully saturated rings. The molecule has 0 saturated heterocycles. The highest BCUT2D eigenvalue weighted by Crippen LogP contribution is 2.26. The Labute approximate surface area is 103 Å². The fourth-order valence-electron chi connectivity index (χ4n) is 1.51. The Kier molecular flexibility index (Phi) is 3.86. The zero-order valence-electron chi connectivity index (χ0n) is 9.51. The standard InChI is InChI=1S/C13H12FNO3/c14-11-5-10(8-17)13(15-6-11)18-12-4-2-1-3-9(12)7-16/h1-6,16-17H,7-8H2. The van der Waals surface area contributed by atoms with Crippen molar-refractivity contribution in [3.05, 3.63) is 53.5 Å². The number of para-hydroxylation sites is 1. The van der Waals surface area contributed by atoms with Gasteiger partial charge in [-0.25, -0.2) is 9.37 Å². The van der Waals surface area contributed by atoms with Crippen LogP contribution in [0.2, 0.25) is 0 Å². The summed E-state index contributed by atoms with van der Waals surface area (Å²) in [5.74, 6) is 0.00968. The van der Waals surface area contributed by atoms with E-state index in [0.717, 1.165) is 12.3 Å². The van der Waals surface area contributed by atoms with Crippen molar-refractivity contribution >= 4 is 0 Å². The van der Waals surface area contributed by atoms with Crippen molar-refractivity contribution in [1.82, 2.24) is 4.98 Å². The van der Waals surface area contributed by atoms with Crippen LogP contribution in [0.25, 0.3) is 0 Å². The summed E-state index contributed by atoms with van der Waals surface area (Å²) in [5.41, 5.74) is 0.843. The lowest BCUT2D eigenvalue weighted by Crippen LogP contribution is -1.98. The maximum Gasteiger partial charge on any atom is 0.224 e. The van der Waals surface area contributed by atoms with E-state index >= 15 is 0 Å². The molecule has 0 amide bonds. The van der Waals surface area contributed by atoms with E-state index in [-0.39, 0.29) is 24.7 Å². The monoisotopic (exact) mass is 249 g/mol. The van der Waals surface area contributed by atoms with Gasteiger partial charge in [-0.2, -0.15) is 0 Å². The molecular formula is C13H12FNO3. The van der Waals surface area contributed by atoms with Gasteiger partial charge in [0.05, 0.1) is 19.4 Å². The van der Waals surface area contributed by atoms with Crippen LogP contribution >= 0.6 is 0 Å². The van der Waals surface area contributed by atoms with Crippen LogP contribution in [-0.4, -0.2) is 15.2 Å². The number of nitrogens with zero attached hydrogens (tertiary/aromatic N) is 1. The third-order valence-electron chi connectivity index (χ3n) is 2.41. The SMILES string of the molecule is OCc1ccccc1Oc1ncc(F)cc1CO. The predicted molar refractivity (Wildman–Crippen MR) is 62.6 cm³/mol. The van der Waals surface area contributed by atoms with Crippen molar-refractivity contribution in [3.63, 3.8) is 0 Å². The maximum atomic E-state index is 12.9. The average Bonchev–Trinajstić information content (AvgIpc) is 2.41. The van der Waals surface area contributed by atoms with E-state index in [0.29, 0.717) is 11.3 Å². The minimum atomic E-state index is -0.540. The molecule has 4 nitrogen and oxygen atoms in total. The van der Waals surface area contributed by atoms with E-state index in [2.05, 4.69) is 4.98 Å². The molecule has 0 aliphatic carbocycles. The maximum absolute atomic E-state index is 12.9. The Bertz CT molecular complexity index is 546. The molecule has 0 atom stereocenters. The number of hydrogen-bond donors (Lipinski definition) is 2. The smallest absolute Gasteiger partial charge is 0.224 e. The largest absolute Gasteiger partial charge is 0.438 e. The topological polar surface area (TPSA) is 62.6 Å². The summed E-state index contributed by atoms with van der Waals surface area (Å²) in [6.45, 7) is -0.548. The van der Waals surface area contributed by atoms with Crippen molar-refractivity contribution in [2.75, 3.05) is 0 Å². The predicted octanol–water partition coefficient (Wildman–Crippen LogP) is 2.00. The molecule has 0 aliphatic rings. The van der Waals surface area contributed by atoms with Gasteiger partial charge in [-0.1, -0.05) is 18.2 Å². The quantitative estimate of drug-likeness (QED) is 0.870.